The first-order valence-electron chi connectivity index (χ1n) is 23.9. The van der Waals surface area contributed by atoms with Crippen molar-refractivity contribution >= 4 is 23.4 Å². The van der Waals surface area contributed by atoms with E-state index in [1.807, 2.05) is 39.0 Å². The summed E-state index contributed by atoms with van der Waals surface area (Å²) in [7, 11) is 7.86. The van der Waals surface area contributed by atoms with Crippen LogP contribution in [0.25, 0.3) is 0 Å². The number of aliphatic hydroxyl groups is 2. The van der Waals surface area contributed by atoms with Gasteiger partial charge in [0.2, 0.25) is 5.79 Å². The third-order valence-corrected chi connectivity index (χ3v) is 14.5. The molecule has 0 radical (unpaired) electrons. The van der Waals surface area contributed by atoms with E-state index in [2.05, 4.69) is 6.92 Å². The monoisotopic (exact) mass is 928 g/mol. The molecule has 0 spiro atoms. The normalized spacial score (nSPS) is 36.1. The molecule has 0 aromatic heterocycles. The fourth-order valence-electron chi connectivity index (χ4n) is 10.6. The Morgan fingerprint density at radius 1 is 0.864 bits per heavy atom. The zero-order valence-corrected chi connectivity index (χ0v) is 41.1. The molecule has 14 unspecified atom stereocenters. The van der Waals surface area contributed by atoms with Gasteiger partial charge >= 0.3 is 5.97 Å². The minimum atomic E-state index is -2.52. The molecular formula is C51H77NO14. The second-order valence-corrected chi connectivity index (χ2v) is 19.3. The van der Waals surface area contributed by atoms with Crippen molar-refractivity contribution in [3.05, 3.63) is 41.5 Å². The molecule has 4 aliphatic rings. The van der Waals surface area contributed by atoms with Gasteiger partial charge in [-0.2, -0.15) is 0 Å². The van der Waals surface area contributed by atoms with E-state index in [0.29, 0.717) is 67.8 Å². The van der Waals surface area contributed by atoms with Crippen LogP contribution in [0.1, 0.15) is 112 Å². The minimum absolute atomic E-state index is 0.0159. The predicted octanol–water partition coefficient (Wildman–Crippen LogP) is 6.58. The summed E-state index contributed by atoms with van der Waals surface area (Å²) in [5.74, 6) is -5.84. The van der Waals surface area contributed by atoms with Crippen molar-refractivity contribution in [3.63, 3.8) is 0 Å². The first kappa shape index (κ1) is 53.1. The lowest BCUT2D eigenvalue weighted by Gasteiger charge is -2.47. The summed E-state index contributed by atoms with van der Waals surface area (Å²) in [4.78, 5) is 58.4. The molecule has 1 amide bonds. The zero-order chi connectivity index (χ0) is 48.5. The summed E-state index contributed by atoms with van der Waals surface area (Å²) in [6.45, 7) is 11.3. The molecule has 1 aliphatic carbocycles. The highest BCUT2D eigenvalue weighted by Gasteiger charge is 2.56. The molecule has 15 heteroatoms. The number of methoxy groups -OCH3 is 5. The Bertz CT molecular complexity index is 1880. The van der Waals surface area contributed by atoms with Gasteiger partial charge in [-0.15, -0.1) is 0 Å². The quantitative estimate of drug-likeness (QED) is 0.146. The zero-order valence-electron chi connectivity index (χ0n) is 41.1. The summed E-state index contributed by atoms with van der Waals surface area (Å²) >= 11 is 0. The van der Waals surface area contributed by atoms with Crippen LogP contribution in [-0.2, 0) is 42.9 Å². The lowest BCUT2D eigenvalue weighted by atomic mass is 9.81. The molecule has 2 N–H and O–H groups in total. The largest absolute Gasteiger partial charge is 0.493 e. The van der Waals surface area contributed by atoms with Crippen molar-refractivity contribution in [2.75, 3.05) is 42.1 Å². The van der Waals surface area contributed by atoms with Crippen LogP contribution in [-0.4, -0.2) is 135 Å². The number of allylic oxidation sites excluding steroid dienone is 3. The molecule has 1 aromatic carbocycles. The molecule has 3 aliphatic heterocycles. The average Bonchev–Trinajstić information content (AvgIpc) is 3.31. The van der Waals surface area contributed by atoms with E-state index >= 15 is 0 Å². The van der Waals surface area contributed by atoms with Crippen molar-refractivity contribution in [2.45, 2.75) is 167 Å². The number of esters is 1. The lowest BCUT2D eigenvalue weighted by Crippen LogP contribution is -2.64. The van der Waals surface area contributed by atoms with E-state index in [0.717, 1.165) is 12.0 Å². The average molecular weight is 928 g/mol. The molecule has 15 nitrogen and oxygen atoms in total. The van der Waals surface area contributed by atoms with Crippen molar-refractivity contribution < 1.29 is 67.3 Å². The number of ether oxygens (including phenoxy) is 8. The van der Waals surface area contributed by atoms with Gasteiger partial charge in [-0.25, -0.2) is 4.79 Å². The second-order valence-electron chi connectivity index (χ2n) is 19.3. The number of amides is 1. The van der Waals surface area contributed by atoms with Crippen LogP contribution < -0.4 is 14.2 Å². The molecule has 66 heavy (non-hydrogen) atoms. The number of rotatable bonds is 10. The number of hydrogen-bond acceptors (Lipinski definition) is 14. The second kappa shape index (κ2) is 23.9. The van der Waals surface area contributed by atoms with E-state index in [1.165, 1.54) is 19.1 Å². The maximum Gasteiger partial charge on any atom is 0.329 e. The van der Waals surface area contributed by atoms with Crippen molar-refractivity contribution in [3.8, 4) is 17.2 Å². The number of carbonyl (C=O) groups is 4. The van der Waals surface area contributed by atoms with Gasteiger partial charge in [0.15, 0.2) is 11.5 Å². The van der Waals surface area contributed by atoms with Gasteiger partial charge in [-0.1, -0.05) is 45.4 Å². The van der Waals surface area contributed by atoms with Crippen LogP contribution in [0, 0.1) is 29.6 Å². The van der Waals surface area contributed by atoms with Gasteiger partial charge in [0.25, 0.3) is 11.7 Å². The molecule has 3 fully saturated rings. The number of hydrogen-bond donors (Lipinski definition) is 2. The van der Waals surface area contributed by atoms with Crippen LogP contribution in [0.3, 0.4) is 0 Å². The molecule has 3 heterocycles. The molecule has 370 valence electrons. The van der Waals surface area contributed by atoms with E-state index in [4.69, 9.17) is 37.9 Å². The number of ketones is 2. The minimum Gasteiger partial charge on any atom is -0.493 e. The van der Waals surface area contributed by atoms with Gasteiger partial charge in [0.1, 0.15) is 35.9 Å². The highest BCUT2D eigenvalue weighted by atomic mass is 16.7. The number of aliphatic hydroxyl groups excluding tert-OH is 1. The van der Waals surface area contributed by atoms with Crippen molar-refractivity contribution in [1.82, 2.24) is 4.90 Å². The van der Waals surface area contributed by atoms with Gasteiger partial charge in [0, 0.05) is 58.1 Å². The van der Waals surface area contributed by atoms with Crippen molar-refractivity contribution in [2.24, 2.45) is 29.6 Å². The summed E-state index contributed by atoms with van der Waals surface area (Å²) in [6, 6.07) is 4.25. The predicted molar refractivity (Wildman–Crippen MR) is 246 cm³/mol. The highest BCUT2D eigenvalue weighted by Crippen LogP contribution is 2.40. The fourth-order valence-corrected chi connectivity index (χ4v) is 10.6. The highest BCUT2D eigenvalue weighted by molar-refractivity contribution is 6.39. The molecule has 1 saturated carbocycles. The Balaban J connectivity index is 1.48. The Morgan fingerprint density at radius 2 is 1.55 bits per heavy atom. The first-order chi connectivity index (χ1) is 31.4. The summed E-state index contributed by atoms with van der Waals surface area (Å²) in [5.41, 5.74) is 1.66. The van der Waals surface area contributed by atoms with Crippen LogP contribution >= 0.6 is 0 Å². The van der Waals surface area contributed by atoms with Crippen molar-refractivity contribution in [1.29, 1.82) is 0 Å². The number of fused-ring (bicyclic) bond motifs is 3. The van der Waals surface area contributed by atoms with Crippen LogP contribution in [0.15, 0.2) is 41.5 Å². The van der Waals surface area contributed by atoms with Crippen LogP contribution in [0.2, 0.25) is 0 Å². The number of nitrogens with zero attached hydrogens (tertiary/aromatic N) is 1. The fraction of sp³-hybridized carbons (Fsp3) is 0.725. The maximum absolute atomic E-state index is 14.5. The Hall–Kier alpha value is -3.86. The summed E-state index contributed by atoms with van der Waals surface area (Å²) in [5, 5.41) is 24.0. The summed E-state index contributed by atoms with van der Waals surface area (Å²) < 4.78 is 47.7. The lowest BCUT2D eigenvalue weighted by molar-refractivity contribution is -0.302. The number of Topliss-reactive ketones (excluding diaryl/α,β-unsaturated/α-hetero) is 2. The van der Waals surface area contributed by atoms with E-state index in [1.54, 1.807) is 47.3 Å². The molecule has 14 atom stereocenters. The first-order valence-corrected chi connectivity index (χ1v) is 23.9. The number of cyclic esters (lactones) is 1. The summed E-state index contributed by atoms with van der Waals surface area (Å²) in [6.07, 6.45) is 4.23. The topological polar surface area (TPSA) is 186 Å². The van der Waals surface area contributed by atoms with E-state index in [-0.39, 0.29) is 55.6 Å². The van der Waals surface area contributed by atoms with Crippen LogP contribution in [0.4, 0.5) is 0 Å². The van der Waals surface area contributed by atoms with Gasteiger partial charge < -0.3 is 53.0 Å². The standard InChI is InChI=1S/C51H77NO14/c1-12-35-22-29(2)21-30(3)23-44(62-10)47-45(63-11)25-32(5)51(58,66-47)48(55)49(56)52-20-14-13-15-37(52)50(57)65-46(33(6)38(53)28-39(35)54)31(4)24-34-16-18-41(42(26-34)60-8)64-36-17-19-40(59-7)43(27-36)61-9/h17,19,22,24,27,30,32-35,37-38,41-42,44-47,53,58H,12-16,18,20-21,23,25-26,28H2,1-11H3. The molecule has 2 saturated heterocycles. The smallest absolute Gasteiger partial charge is 0.329 e. The maximum atomic E-state index is 14.5. The molecule has 2 bridgehead atoms. The van der Waals surface area contributed by atoms with Crippen LogP contribution in [0.5, 0.6) is 17.2 Å². The van der Waals surface area contributed by atoms with Gasteiger partial charge in [0.05, 0.1) is 38.6 Å². The Morgan fingerprint density at radius 3 is 2.20 bits per heavy atom. The third-order valence-electron chi connectivity index (χ3n) is 14.5. The molecule has 5 rings (SSSR count). The Kier molecular flexibility index (Phi) is 19.2. The number of piperidine rings is 1. The van der Waals surface area contributed by atoms with Gasteiger partial charge in [-0.05, 0) is 108 Å². The third kappa shape index (κ3) is 12.4. The van der Waals surface area contributed by atoms with Gasteiger partial charge in [-0.3, -0.25) is 14.4 Å². The number of carbonyl (C=O) groups excluding carboxylic acids is 4. The number of benzene rings is 1. The SMILES string of the molecule is CCC1C=C(C)CC(C)CC(OC)C2OC(O)(C(=O)C(=O)N3CCCCC3C(=O)OC(C(C)=CC3CCC(Oc4ccc(OC)c(OC)c4)C(OC)C3)C(C)C(O)CC1=O)C(C)CC2OC. The van der Waals surface area contributed by atoms with E-state index < -0.39 is 77.8 Å². The molecule has 1 aromatic rings. The Labute approximate surface area is 391 Å². The molecular weight excluding hydrogens is 851 g/mol. The van der Waals surface area contributed by atoms with E-state index in [9.17, 15) is 29.4 Å².